The van der Waals surface area contributed by atoms with Crippen LogP contribution in [0.5, 0.6) is 0 Å². The van der Waals surface area contributed by atoms with E-state index in [4.69, 9.17) is 10.8 Å². The molecule has 0 fully saturated rings. The molecule has 0 aliphatic carbocycles. The summed E-state index contributed by atoms with van der Waals surface area (Å²) in [4.78, 5) is 11.8. The first kappa shape index (κ1) is 13.2. The molecule has 2 atom stereocenters. The second-order valence-corrected chi connectivity index (χ2v) is 4.69. The van der Waals surface area contributed by atoms with Crippen LogP contribution in [0.2, 0.25) is 0 Å². The van der Waals surface area contributed by atoms with Crippen LogP contribution >= 0.6 is 11.3 Å². The minimum Gasteiger partial charge on any atom is -0.480 e. The van der Waals surface area contributed by atoms with E-state index in [1.807, 2.05) is 11.4 Å². The lowest BCUT2D eigenvalue weighted by molar-refractivity contribution is -0.138. The summed E-state index contributed by atoms with van der Waals surface area (Å²) in [6.45, 7) is 2.41. The van der Waals surface area contributed by atoms with E-state index in [2.05, 4.69) is 18.3 Å². The quantitative estimate of drug-likeness (QED) is 0.678. The van der Waals surface area contributed by atoms with E-state index in [1.165, 1.54) is 4.88 Å². The van der Waals surface area contributed by atoms with Gasteiger partial charge < -0.3 is 16.2 Å². The second kappa shape index (κ2) is 6.62. The highest BCUT2D eigenvalue weighted by molar-refractivity contribution is 7.10. The summed E-state index contributed by atoms with van der Waals surface area (Å²) in [5.41, 5.74) is 5.46. The van der Waals surface area contributed by atoms with Crippen molar-refractivity contribution < 1.29 is 9.90 Å². The summed E-state index contributed by atoms with van der Waals surface area (Å²) in [6, 6.07) is 3.45. The number of carboxylic acid groups (broad SMARTS) is 1. The number of hydrogen-bond acceptors (Lipinski definition) is 4. The van der Waals surface area contributed by atoms with Crippen LogP contribution in [0.3, 0.4) is 0 Å². The van der Waals surface area contributed by atoms with E-state index in [1.54, 1.807) is 11.3 Å². The molecule has 0 radical (unpaired) electrons. The molecule has 5 heteroatoms. The van der Waals surface area contributed by atoms with Crippen LogP contribution in [0.25, 0.3) is 0 Å². The standard InChI is InChI=1S/C11H18N2O2S/c1-2-4-9(10-5-3-6-16-10)13-7-8(12)11(14)15/h3,5-6,8-9,13H,2,4,7,12H2,1H3,(H,14,15). The first-order valence-electron chi connectivity index (χ1n) is 5.40. The van der Waals surface area contributed by atoms with Crippen molar-refractivity contribution in [3.8, 4) is 0 Å². The monoisotopic (exact) mass is 242 g/mol. The lowest BCUT2D eigenvalue weighted by Gasteiger charge is -2.18. The first-order valence-corrected chi connectivity index (χ1v) is 6.28. The molecule has 1 heterocycles. The number of hydrogen-bond donors (Lipinski definition) is 3. The number of carboxylic acids is 1. The Morgan fingerprint density at radius 2 is 2.44 bits per heavy atom. The Labute approximate surface area is 99.5 Å². The lowest BCUT2D eigenvalue weighted by Crippen LogP contribution is -2.41. The average Bonchev–Trinajstić information content (AvgIpc) is 2.76. The van der Waals surface area contributed by atoms with Gasteiger partial charge in [-0.1, -0.05) is 19.4 Å². The Bertz CT molecular complexity index is 314. The summed E-state index contributed by atoms with van der Waals surface area (Å²) < 4.78 is 0. The largest absolute Gasteiger partial charge is 0.480 e. The van der Waals surface area contributed by atoms with Crippen LogP contribution < -0.4 is 11.1 Å². The SMILES string of the molecule is CCCC(NCC(N)C(=O)O)c1cccs1. The molecule has 0 amide bonds. The summed E-state index contributed by atoms with van der Waals surface area (Å²) >= 11 is 1.68. The minimum atomic E-state index is -0.964. The van der Waals surface area contributed by atoms with Crippen molar-refractivity contribution in [2.24, 2.45) is 5.73 Å². The topological polar surface area (TPSA) is 75.3 Å². The number of thiophene rings is 1. The third kappa shape index (κ3) is 3.92. The molecule has 4 N–H and O–H groups in total. The van der Waals surface area contributed by atoms with Gasteiger partial charge in [-0.3, -0.25) is 4.79 Å². The highest BCUT2D eigenvalue weighted by atomic mass is 32.1. The maximum atomic E-state index is 10.6. The maximum Gasteiger partial charge on any atom is 0.321 e. The van der Waals surface area contributed by atoms with Gasteiger partial charge in [-0.05, 0) is 17.9 Å². The molecule has 1 aromatic heterocycles. The van der Waals surface area contributed by atoms with Gasteiger partial charge in [-0.15, -0.1) is 11.3 Å². The fraction of sp³-hybridized carbons (Fsp3) is 0.545. The van der Waals surface area contributed by atoms with Crippen molar-refractivity contribution in [3.05, 3.63) is 22.4 Å². The predicted octanol–water partition coefficient (Wildman–Crippen LogP) is 1.59. The van der Waals surface area contributed by atoms with Crippen LogP contribution in [0.15, 0.2) is 17.5 Å². The van der Waals surface area contributed by atoms with Crippen LogP contribution in [0, 0.1) is 0 Å². The zero-order valence-electron chi connectivity index (χ0n) is 9.35. The molecule has 0 bridgehead atoms. The molecule has 0 saturated heterocycles. The third-order valence-corrected chi connectivity index (χ3v) is 3.35. The molecule has 0 aliphatic heterocycles. The molecule has 0 aromatic carbocycles. The van der Waals surface area contributed by atoms with E-state index in [0.717, 1.165) is 12.8 Å². The fourth-order valence-electron chi connectivity index (χ4n) is 1.48. The number of nitrogens with two attached hydrogens (primary N) is 1. The molecule has 0 saturated carbocycles. The van der Waals surface area contributed by atoms with E-state index >= 15 is 0 Å². The van der Waals surface area contributed by atoms with Gasteiger partial charge in [0, 0.05) is 17.5 Å². The molecule has 2 unspecified atom stereocenters. The van der Waals surface area contributed by atoms with Crippen molar-refractivity contribution in [2.75, 3.05) is 6.54 Å². The molecule has 1 rings (SSSR count). The van der Waals surface area contributed by atoms with Crippen molar-refractivity contribution >= 4 is 17.3 Å². The van der Waals surface area contributed by atoms with E-state index in [-0.39, 0.29) is 6.04 Å². The minimum absolute atomic E-state index is 0.218. The summed E-state index contributed by atoms with van der Waals surface area (Å²) in [5.74, 6) is -0.964. The molecular weight excluding hydrogens is 224 g/mol. The molecule has 0 aliphatic rings. The normalized spacial score (nSPS) is 14.6. The Morgan fingerprint density at radius 3 is 2.94 bits per heavy atom. The number of rotatable bonds is 7. The van der Waals surface area contributed by atoms with E-state index < -0.39 is 12.0 Å². The molecule has 16 heavy (non-hydrogen) atoms. The second-order valence-electron chi connectivity index (χ2n) is 3.71. The van der Waals surface area contributed by atoms with Gasteiger partial charge in [0.1, 0.15) is 6.04 Å². The van der Waals surface area contributed by atoms with Crippen molar-refractivity contribution in [3.63, 3.8) is 0 Å². The summed E-state index contributed by atoms with van der Waals surface area (Å²) in [7, 11) is 0. The molecular formula is C11H18N2O2S. The highest BCUT2D eigenvalue weighted by Crippen LogP contribution is 2.22. The van der Waals surface area contributed by atoms with Crippen molar-refractivity contribution in [1.29, 1.82) is 0 Å². The van der Waals surface area contributed by atoms with Crippen LogP contribution in [-0.2, 0) is 4.79 Å². The van der Waals surface area contributed by atoms with Crippen LogP contribution in [0.4, 0.5) is 0 Å². The number of aliphatic carboxylic acids is 1. The van der Waals surface area contributed by atoms with Crippen molar-refractivity contribution in [1.82, 2.24) is 5.32 Å². The predicted molar refractivity (Wildman–Crippen MR) is 65.6 cm³/mol. The summed E-state index contributed by atoms with van der Waals surface area (Å²) in [6.07, 6.45) is 2.05. The first-order chi connectivity index (χ1) is 7.65. The van der Waals surface area contributed by atoms with E-state index in [0.29, 0.717) is 6.54 Å². The zero-order valence-corrected chi connectivity index (χ0v) is 10.2. The van der Waals surface area contributed by atoms with Gasteiger partial charge >= 0.3 is 5.97 Å². The Morgan fingerprint density at radius 1 is 1.69 bits per heavy atom. The van der Waals surface area contributed by atoms with Crippen molar-refractivity contribution in [2.45, 2.75) is 31.8 Å². The third-order valence-electron chi connectivity index (χ3n) is 2.37. The number of nitrogens with one attached hydrogen (secondary N) is 1. The van der Waals surface area contributed by atoms with Gasteiger partial charge in [0.15, 0.2) is 0 Å². The average molecular weight is 242 g/mol. The molecule has 0 spiro atoms. The van der Waals surface area contributed by atoms with Gasteiger partial charge in [0.25, 0.3) is 0 Å². The fourth-order valence-corrected chi connectivity index (χ4v) is 2.32. The smallest absolute Gasteiger partial charge is 0.321 e. The van der Waals surface area contributed by atoms with Gasteiger partial charge in [-0.2, -0.15) is 0 Å². The summed E-state index contributed by atoms with van der Waals surface area (Å²) in [5, 5.41) is 13.9. The Hall–Kier alpha value is -0.910. The van der Waals surface area contributed by atoms with Gasteiger partial charge in [0.2, 0.25) is 0 Å². The van der Waals surface area contributed by atoms with Crippen LogP contribution in [0.1, 0.15) is 30.7 Å². The molecule has 1 aromatic rings. The zero-order chi connectivity index (χ0) is 12.0. The molecule has 4 nitrogen and oxygen atoms in total. The lowest BCUT2D eigenvalue weighted by atomic mass is 10.1. The van der Waals surface area contributed by atoms with Crippen LogP contribution in [-0.4, -0.2) is 23.7 Å². The van der Waals surface area contributed by atoms with E-state index in [9.17, 15) is 4.79 Å². The van der Waals surface area contributed by atoms with Gasteiger partial charge in [0.05, 0.1) is 0 Å². The maximum absolute atomic E-state index is 10.6. The highest BCUT2D eigenvalue weighted by Gasteiger charge is 2.15. The molecule has 90 valence electrons. The Kier molecular flexibility index (Phi) is 5.45. The number of carbonyl (C=O) groups is 1. The Balaban J connectivity index is 2.49. The van der Waals surface area contributed by atoms with Gasteiger partial charge in [-0.25, -0.2) is 0 Å².